The lowest BCUT2D eigenvalue weighted by atomic mass is 10.1. The first-order valence-electron chi connectivity index (χ1n) is 9.80. The van der Waals surface area contributed by atoms with Gasteiger partial charge in [0.2, 0.25) is 5.91 Å². The van der Waals surface area contributed by atoms with Crippen LogP contribution in [0.5, 0.6) is 0 Å². The number of carbonyl (C=O) groups excluding carboxylic acids is 1. The second kappa shape index (κ2) is 7.35. The average molecular weight is 368 g/mol. The molecule has 1 atom stereocenters. The van der Waals surface area contributed by atoms with E-state index in [0.717, 1.165) is 55.0 Å². The van der Waals surface area contributed by atoms with Crippen molar-refractivity contribution in [1.29, 1.82) is 0 Å². The molecular weight excluding hydrogens is 340 g/mol. The lowest BCUT2D eigenvalue weighted by Gasteiger charge is -2.20. The molecule has 0 spiro atoms. The number of amides is 1. The minimum Gasteiger partial charge on any atom is -0.386 e. The van der Waals surface area contributed by atoms with Gasteiger partial charge in [-0.05, 0) is 48.9 Å². The van der Waals surface area contributed by atoms with Gasteiger partial charge in [-0.1, -0.05) is 12.1 Å². The van der Waals surface area contributed by atoms with E-state index in [2.05, 4.69) is 10.00 Å². The predicted molar refractivity (Wildman–Crippen MR) is 104 cm³/mol. The fourth-order valence-corrected chi connectivity index (χ4v) is 3.69. The van der Waals surface area contributed by atoms with Gasteiger partial charge in [-0.15, -0.1) is 0 Å². The van der Waals surface area contributed by atoms with Crippen molar-refractivity contribution in [3.8, 4) is 0 Å². The molecule has 2 aromatic rings. The molecule has 1 aromatic heterocycles. The van der Waals surface area contributed by atoms with E-state index in [1.807, 2.05) is 54.0 Å². The van der Waals surface area contributed by atoms with E-state index in [1.165, 1.54) is 0 Å². The van der Waals surface area contributed by atoms with Gasteiger partial charge in [-0.25, -0.2) is 0 Å². The molecule has 6 heteroatoms. The summed E-state index contributed by atoms with van der Waals surface area (Å²) in [5, 5.41) is 15.0. The number of anilines is 1. The van der Waals surface area contributed by atoms with Crippen LogP contribution in [0.2, 0.25) is 0 Å². The van der Waals surface area contributed by atoms with E-state index in [1.54, 1.807) is 0 Å². The van der Waals surface area contributed by atoms with Gasteiger partial charge in [0, 0.05) is 32.9 Å². The number of rotatable bonds is 5. The number of aliphatic hydroxyl groups excluding tert-OH is 1. The maximum Gasteiger partial charge on any atom is 0.227 e. The number of benzene rings is 1. The Hall–Kier alpha value is -2.34. The molecule has 0 bridgehead atoms. The number of carbonyl (C=O) groups is 1. The maximum atomic E-state index is 12.8. The largest absolute Gasteiger partial charge is 0.386 e. The Morgan fingerprint density at radius 1 is 1.26 bits per heavy atom. The lowest BCUT2D eigenvalue weighted by molar-refractivity contribution is -0.131. The van der Waals surface area contributed by atoms with Crippen molar-refractivity contribution in [2.45, 2.75) is 44.9 Å². The second-order valence-electron chi connectivity index (χ2n) is 7.97. The fourth-order valence-electron chi connectivity index (χ4n) is 3.69. The first-order chi connectivity index (χ1) is 13.0. The second-order valence-corrected chi connectivity index (χ2v) is 7.97. The summed E-state index contributed by atoms with van der Waals surface area (Å²) < 4.78 is 1.97. The zero-order valence-electron chi connectivity index (χ0n) is 16.1. The van der Waals surface area contributed by atoms with Crippen LogP contribution in [0.25, 0.3) is 0 Å². The molecule has 1 aliphatic heterocycles. The number of aliphatic hydroxyl groups is 1. The standard InChI is InChI=1S/C21H28N4O2/c1-23(2)17-8-4-15(5-9-17)12-20(26)24-10-3-11-25-18(14-24)13-19(22-25)21(27)16-6-7-16/h4-5,8-9,13,16,21,27H,3,6-7,10-12,14H2,1-2H3/t21-/m1/s1. The van der Waals surface area contributed by atoms with Gasteiger partial charge >= 0.3 is 0 Å². The minimum absolute atomic E-state index is 0.145. The molecule has 1 aliphatic carbocycles. The Balaban J connectivity index is 1.43. The quantitative estimate of drug-likeness (QED) is 0.880. The van der Waals surface area contributed by atoms with Gasteiger partial charge in [0.05, 0.1) is 24.4 Å². The number of fused-ring (bicyclic) bond motifs is 1. The van der Waals surface area contributed by atoms with Crippen LogP contribution in [0, 0.1) is 5.92 Å². The topological polar surface area (TPSA) is 61.6 Å². The summed E-state index contributed by atoms with van der Waals surface area (Å²) in [7, 11) is 4.02. The van der Waals surface area contributed by atoms with Gasteiger partial charge in [0.15, 0.2) is 0 Å². The highest BCUT2D eigenvalue weighted by Crippen LogP contribution is 2.40. The van der Waals surface area contributed by atoms with Crippen molar-refractivity contribution in [1.82, 2.24) is 14.7 Å². The van der Waals surface area contributed by atoms with E-state index in [4.69, 9.17) is 0 Å². The first-order valence-corrected chi connectivity index (χ1v) is 9.80. The van der Waals surface area contributed by atoms with Crippen molar-refractivity contribution in [3.05, 3.63) is 47.3 Å². The van der Waals surface area contributed by atoms with Crippen molar-refractivity contribution in [2.75, 3.05) is 25.5 Å². The molecule has 1 fully saturated rings. The number of aryl methyl sites for hydroxylation is 1. The lowest BCUT2D eigenvalue weighted by Crippen LogP contribution is -2.32. The summed E-state index contributed by atoms with van der Waals surface area (Å²) in [6.07, 6.45) is 3.02. The first kappa shape index (κ1) is 18.0. The maximum absolute atomic E-state index is 12.8. The molecule has 2 heterocycles. The number of nitrogens with zero attached hydrogens (tertiary/aromatic N) is 4. The van der Waals surface area contributed by atoms with Crippen LogP contribution in [-0.4, -0.2) is 46.3 Å². The highest BCUT2D eigenvalue weighted by atomic mass is 16.3. The SMILES string of the molecule is CN(C)c1ccc(CC(=O)N2CCCn3nc([C@H](O)C4CC4)cc3C2)cc1. The molecule has 1 N–H and O–H groups in total. The van der Waals surface area contributed by atoms with Crippen molar-refractivity contribution < 1.29 is 9.90 Å². The summed E-state index contributed by atoms with van der Waals surface area (Å²) in [6.45, 7) is 2.12. The van der Waals surface area contributed by atoms with E-state index < -0.39 is 6.10 Å². The van der Waals surface area contributed by atoms with Gasteiger partial charge in [0.1, 0.15) is 6.10 Å². The summed E-state index contributed by atoms with van der Waals surface area (Å²) in [5.41, 5.74) is 3.96. The van der Waals surface area contributed by atoms with Gasteiger partial charge in [-0.2, -0.15) is 5.10 Å². The smallest absolute Gasteiger partial charge is 0.227 e. The Morgan fingerprint density at radius 2 is 2.00 bits per heavy atom. The predicted octanol–water partition coefficient (Wildman–Crippen LogP) is 2.37. The number of hydrogen-bond acceptors (Lipinski definition) is 4. The molecule has 4 rings (SSSR count). The average Bonchev–Trinajstić information content (AvgIpc) is 3.45. The molecule has 1 amide bonds. The fraction of sp³-hybridized carbons (Fsp3) is 0.524. The molecule has 0 radical (unpaired) electrons. The molecule has 6 nitrogen and oxygen atoms in total. The van der Waals surface area contributed by atoms with Crippen LogP contribution in [0.1, 0.15) is 42.3 Å². The Kier molecular flexibility index (Phi) is 4.91. The summed E-state index contributed by atoms with van der Waals surface area (Å²) in [5.74, 6) is 0.513. The zero-order valence-corrected chi connectivity index (χ0v) is 16.1. The van der Waals surface area contributed by atoms with Crippen LogP contribution in [0.15, 0.2) is 30.3 Å². The Morgan fingerprint density at radius 3 is 2.67 bits per heavy atom. The van der Waals surface area contributed by atoms with E-state index in [0.29, 0.717) is 18.9 Å². The van der Waals surface area contributed by atoms with E-state index in [-0.39, 0.29) is 5.91 Å². The Bertz CT molecular complexity index is 808. The molecule has 27 heavy (non-hydrogen) atoms. The molecule has 1 saturated carbocycles. The molecule has 144 valence electrons. The van der Waals surface area contributed by atoms with Crippen LogP contribution in [0.3, 0.4) is 0 Å². The normalized spacial score (nSPS) is 18.0. The summed E-state index contributed by atoms with van der Waals surface area (Å²) >= 11 is 0. The van der Waals surface area contributed by atoms with E-state index in [9.17, 15) is 9.90 Å². The molecule has 1 aromatic carbocycles. The van der Waals surface area contributed by atoms with Crippen molar-refractivity contribution in [3.63, 3.8) is 0 Å². The van der Waals surface area contributed by atoms with Crippen LogP contribution in [-0.2, 0) is 24.3 Å². The van der Waals surface area contributed by atoms with Crippen molar-refractivity contribution in [2.24, 2.45) is 5.92 Å². The van der Waals surface area contributed by atoms with Crippen LogP contribution >= 0.6 is 0 Å². The minimum atomic E-state index is -0.455. The number of hydrogen-bond donors (Lipinski definition) is 1. The molecule has 0 saturated heterocycles. The highest BCUT2D eigenvalue weighted by Gasteiger charge is 2.33. The summed E-state index contributed by atoms with van der Waals surface area (Å²) in [4.78, 5) is 16.8. The third kappa shape index (κ3) is 4.00. The monoisotopic (exact) mass is 368 g/mol. The van der Waals surface area contributed by atoms with Crippen LogP contribution in [0.4, 0.5) is 5.69 Å². The highest BCUT2D eigenvalue weighted by molar-refractivity contribution is 5.79. The van der Waals surface area contributed by atoms with Crippen molar-refractivity contribution >= 4 is 11.6 Å². The molecule has 2 aliphatic rings. The molecular formula is C21H28N4O2. The third-order valence-electron chi connectivity index (χ3n) is 5.57. The van der Waals surface area contributed by atoms with Gasteiger partial charge in [-0.3, -0.25) is 9.48 Å². The Labute approximate surface area is 160 Å². The summed E-state index contributed by atoms with van der Waals surface area (Å²) in [6, 6.07) is 10.1. The van der Waals surface area contributed by atoms with Gasteiger partial charge in [0.25, 0.3) is 0 Å². The van der Waals surface area contributed by atoms with E-state index >= 15 is 0 Å². The van der Waals surface area contributed by atoms with Crippen LogP contribution < -0.4 is 4.90 Å². The molecule has 0 unspecified atom stereocenters. The number of aromatic nitrogens is 2. The van der Waals surface area contributed by atoms with Gasteiger partial charge < -0.3 is 14.9 Å². The third-order valence-corrected chi connectivity index (χ3v) is 5.57. The zero-order chi connectivity index (χ0) is 19.0.